The zero-order valence-electron chi connectivity index (χ0n) is 9.60. The van der Waals surface area contributed by atoms with Gasteiger partial charge in [-0.3, -0.25) is 4.79 Å². The van der Waals surface area contributed by atoms with Crippen LogP contribution in [-0.4, -0.2) is 16.8 Å². The zero-order chi connectivity index (χ0) is 11.4. The lowest BCUT2D eigenvalue weighted by Gasteiger charge is -2.22. The van der Waals surface area contributed by atoms with Gasteiger partial charge in [-0.15, -0.1) is 0 Å². The van der Waals surface area contributed by atoms with Gasteiger partial charge in [0, 0.05) is 13.0 Å². The minimum absolute atomic E-state index is 0.270. The van der Waals surface area contributed by atoms with Gasteiger partial charge in [-0.1, -0.05) is 42.5 Å². The topological polar surface area (TPSA) is 20.3 Å². The molecule has 1 amide bonds. The number of amides is 1. The van der Waals surface area contributed by atoms with Crippen LogP contribution in [0.2, 0.25) is 0 Å². The molecule has 2 rings (SSSR count). The molecule has 0 aromatic heterocycles. The molecule has 1 aromatic carbocycles. The van der Waals surface area contributed by atoms with Crippen molar-refractivity contribution in [2.45, 2.75) is 32.4 Å². The van der Waals surface area contributed by atoms with Crippen molar-refractivity contribution in [3.05, 3.63) is 48.0 Å². The second-order valence-corrected chi connectivity index (χ2v) is 4.14. The molecule has 0 saturated carbocycles. The third kappa shape index (κ3) is 2.32. The number of likely N-dealkylation sites (tertiary alicyclic amines) is 1. The maximum atomic E-state index is 11.8. The predicted octanol–water partition coefficient (Wildman–Crippen LogP) is 2.75. The third-order valence-electron chi connectivity index (χ3n) is 2.98. The van der Waals surface area contributed by atoms with E-state index in [1.165, 1.54) is 5.56 Å². The largest absolute Gasteiger partial charge is 0.332 e. The Morgan fingerprint density at radius 3 is 2.81 bits per heavy atom. The van der Waals surface area contributed by atoms with Crippen molar-refractivity contribution in [3.63, 3.8) is 0 Å². The second kappa shape index (κ2) is 4.97. The molecule has 2 heteroatoms. The van der Waals surface area contributed by atoms with Gasteiger partial charge in [-0.2, -0.15) is 0 Å². The molecule has 1 aliphatic rings. The lowest BCUT2D eigenvalue weighted by atomic mass is 10.1. The molecule has 16 heavy (non-hydrogen) atoms. The van der Waals surface area contributed by atoms with Gasteiger partial charge in [0.25, 0.3) is 0 Å². The quantitative estimate of drug-likeness (QED) is 0.710. The second-order valence-electron chi connectivity index (χ2n) is 4.14. The lowest BCUT2D eigenvalue weighted by molar-refractivity contribution is -0.129. The Hall–Kier alpha value is -1.57. The Balaban J connectivity index is 2.10. The van der Waals surface area contributed by atoms with Crippen molar-refractivity contribution in [2.24, 2.45) is 0 Å². The van der Waals surface area contributed by atoms with Crippen LogP contribution in [0, 0.1) is 0 Å². The van der Waals surface area contributed by atoms with Gasteiger partial charge >= 0.3 is 0 Å². The summed E-state index contributed by atoms with van der Waals surface area (Å²) >= 11 is 0. The van der Waals surface area contributed by atoms with E-state index >= 15 is 0 Å². The number of carbonyl (C=O) groups excluding carboxylic acids is 1. The Kier molecular flexibility index (Phi) is 3.40. The van der Waals surface area contributed by atoms with E-state index in [0.29, 0.717) is 6.42 Å². The van der Waals surface area contributed by atoms with Crippen LogP contribution in [0.5, 0.6) is 0 Å². The summed E-state index contributed by atoms with van der Waals surface area (Å²) in [6, 6.07) is 10.5. The lowest BCUT2D eigenvalue weighted by Crippen LogP contribution is -2.31. The number of allylic oxidation sites excluding steroid dienone is 1. The van der Waals surface area contributed by atoms with Gasteiger partial charge in [-0.05, 0) is 18.9 Å². The monoisotopic (exact) mass is 215 g/mol. The molecule has 1 aromatic rings. The van der Waals surface area contributed by atoms with Crippen molar-refractivity contribution < 1.29 is 4.79 Å². The maximum Gasteiger partial charge on any atom is 0.223 e. The first-order valence-electron chi connectivity index (χ1n) is 5.77. The summed E-state index contributed by atoms with van der Waals surface area (Å²) in [5, 5.41) is 0. The highest BCUT2D eigenvalue weighted by Crippen LogP contribution is 2.22. The summed E-state index contributed by atoms with van der Waals surface area (Å²) < 4.78 is 0. The predicted molar refractivity (Wildman–Crippen MR) is 64.8 cm³/mol. The molecule has 1 unspecified atom stereocenters. The molecule has 1 fully saturated rings. The first kappa shape index (κ1) is 10.9. The van der Waals surface area contributed by atoms with Gasteiger partial charge in [0.15, 0.2) is 0 Å². The average molecular weight is 215 g/mol. The molecule has 1 aliphatic heterocycles. The van der Waals surface area contributed by atoms with Crippen LogP contribution in [0.3, 0.4) is 0 Å². The fourth-order valence-corrected chi connectivity index (χ4v) is 2.16. The number of rotatable bonds is 3. The van der Waals surface area contributed by atoms with Crippen LogP contribution in [0.15, 0.2) is 42.5 Å². The number of hydrogen-bond donors (Lipinski definition) is 0. The molecule has 1 atom stereocenters. The maximum absolute atomic E-state index is 11.8. The Bertz CT molecular complexity index is 383. The molecule has 1 heterocycles. The van der Waals surface area contributed by atoms with Crippen LogP contribution < -0.4 is 0 Å². The van der Waals surface area contributed by atoms with E-state index in [9.17, 15) is 4.79 Å². The molecule has 1 saturated heterocycles. The highest BCUT2D eigenvalue weighted by atomic mass is 16.2. The Morgan fingerprint density at radius 1 is 1.38 bits per heavy atom. The smallest absolute Gasteiger partial charge is 0.223 e. The first-order valence-corrected chi connectivity index (χ1v) is 5.77. The number of nitrogens with zero attached hydrogens (tertiary/aromatic N) is 1. The number of hydrogen-bond acceptors (Lipinski definition) is 1. The van der Waals surface area contributed by atoms with Gasteiger partial charge < -0.3 is 4.90 Å². The standard InChI is InChI=1S/C14H17NO/c1-2-6-13-9-10-14(16)15(13)11-12-7-4-3-5-8-12/h2-8,13H,9-11H2,1H3/b6-2+. The van der Waals surface area contributed by atoms with Gasteiger partial charge in [0.05, 0.1) is 6.04 Å². The van der Waals surface area contributed by atoms with E-state index in [-0.39, 0.29) is 11.9 Å². The summed E-state index contributed by atoms with van der Waals surface area (Å²) in [7, 11) is 0. The molecule has 84 valence electrons. The summed E-state index contributed by atoms with van der Waals surface area (Å²) in [6.07, 6.45) is 5.78. The van der Waals surface area contributed by atoms with Crippen LogP contribution in [-0.2, 0) is 11.3 Å². The van der Waals surface area contributed by atoms with Crippen LogP contribution in [0.1, 0.15) is 25.3 Å². The molecule has 0 bridgehead atoms. The minimum atomic E-state index is 0.270. The number of benzene rings is 1. The summed E-state index contributed by atoms with van der Waals surface area (Å²) in [4.78, 5) is 13.7. The first-order chi connectivity index (χ1) is 7.81. The van der Waals surface area contributed by atoms with Gasteiger partial charge in [0.2, 0.25) is 5.91 Å². The highest BCUT2D eigenvalue weighted by Gasteiger charge is 2.28. The zero-order valence-corrected chi connectivity index (χ0v) is 9.60. The van der Waals surface area contributed by atoms with Gasteiger partial charge in [-0.25, -0.2) is 0 Å². The summed E-state index contributed by atoms with van der Waals surface area (Å²) in [6.45, 7) is 2.73. The van der Waals surface area contributed by atoms with E-state index in [1.807, 2.05) is 36.1 Å². The van der Waals surface area contributed by atoms with Crippen molar-refractivity contribution in [1.29, 1.82) is 0 Å². The molecule has 0 radical (unpaired) electrons. The average Bonchev–Trinajstić information content (AvgIpc) is 2.64. The van der Waals surface area contributed by atoms with Crippen molar-refractivity contribution >= 4 is 5.91 Å². The summed E-state index contributed by atoms with van der Waals surface area (Å²) in [5.41, 5.74) is 1.20. The SMILES string of the molecule is C/C=C/C1CCC(=O)N1Cc1ccccc1. The number of carbonyl (C=O) groups is 1. The molecule has 0 spiro atoms. The fraction of sp³-hybridized carbons (Fsp3) is 0.357. The highest BCUT2D eigenvalue weighted by molar-refractivity contribution is 5.79. The Morgan fingerprint density at radius 2 is 2.12 bits per heavy atom. The fourth-order valence-electron chi connectivity index (χ4n) is 2.16. The van der Waals surface area contributed by atoms with Crippen molar-refractivity contribution in [2.75, 3.05) is 0 Å². The van der Waals surface area contributed by atoms with Crippen molar-refractivity contribution in [3.8, 4) is 0 Å². The summed E-state index contributed by atoms with van der Waals surface area (Å²) in [5.74, 6) is 0.270. The van der Waals surface area contributed by atoms with E-state index in [0.717, 1.165) is 13.0 Å². The van der Waals surface area contributed by atoms with Crippen molar-refractivity contribution in [1.82, 2.24) is 4.90 Å². The molecule has 2 nitrogen and oxygen atoms in total. The minimum Gasteiger partial charge on any atom is -0.332 e. The molecule has 0 aliphatic carbocycles. The van der Waals surface area contributed by atoms with Crippen LogP contribution >= 0.6 is 0 Å². The molecular weight excluding hydrogens is 198 g/mol. The van der Waals surface area contributed by atoms with E-state index < -0.39 is 0 Å². The normalized spacial score (nSPS) is 20.9. The Labute approximate surface area is 96.6 Å². The van der Waals surface area contributed by atoms with Crippen LogP contribution in [0.25, 0.3) is 0 Å². The van der Waals surface area contributed by atoms with Crippen LogP contribution in [0.4, 0.5) is 0 Å². The molecule has 0 N–H and O–H groups in total. The van der Waals surface area contributed by atoms with E-state index in [2.05, 4.69) is 18.2 Å². The third-order valence-corrected chi connectivity index (χ3v) is 2.98. The molecular formula is C14H17NO. The van der Waals surface area contributed by atoms with E-state index in [1.54, 1.807) is 0 Å². The van der Waals surface area contributed by atoms with E-state index in [4.69, 9.17) is 0 Å². The van der Waals surface area contributed by atoms with Gasteiger partial charge in [0.1, 0.15) is 0 Å².